The zero-order chi connectivity index (χ0) is 17.7. The summed E-state index contributed by atoms with van der Waals surface area (Å²) >= 11 is 1.70. The fourth-order valence-electron chi connectivity index (χ4n) is 2.81. The summed E-state index contributed by atoms with van der Waals surface area (Å²) in [5, 5.41) is 7.73. The van der Waals surface area contributed by atoms with Gasteiger partial charge in [0.2, 0.25) is 10.0 Å². The number of hydrogen-bond acceptors (Lipinski definition) is 5. The Kier molecular flexibility index (Phi) is 9.05. The lowest BCUT2D eigenvalue weighted by Gasteiger charge is -2.30. The largest absolute Gasteiger partial charge is 0.356 e. The third-order valence-electron chi connectivity index (χ3n) is 4.24. The Morgan fingerprint density at radius 2 is 1.96 bits per heavy atom. The molecule has 0 aliphatic carbocycles. The Bertz CT molecular complexity index is 682. The van der Waals surface area contributed by atoms with Crippen LogP contribution in [0.3, 0.4) is 0 Å². The summed E-state index contributed by atoms with van der Waals surface area (Å²) in [5.41, 5.74) is 1.06. The van der Waals surface area contributed by atoms with Gasteiger partial charge in [0.1, 0.15) is 0 Å². The molecule has 1 saturated heterocycles. The maximum Gasteiger partial charge on any atom is 0.211 e. The van der Waals surface area contributed by atoms with Crippen LogP contribution in [0, 0.1) is 19.8 Å². The molecule has 0 aromatic carbocycles. The van der Waals surface area contributed by atoms with E-state index in [2.05, 4.69) is 20.6 Å². The highest BCUT2D eigenvalue weighted by Gasteiger charge is 2.24. The van der Waals surface area contributed by atoms with Crippen LogP contribution in [0.2, 0.25) is 0 Å². The quantitative estimate of drug-likeness (QED) is 0.365. The van der Waals surface area contributed by atoms with E-state index in [9.17, 15) is 8.42 Å². The predicted molar refractivity (Wildman–Crippen MR) is 114 cm³/mol. The summed E-state index contributed by atoms with van der Waals surface area (Å²) in [6.07, 6.45) is 3.04. The average molecular weight is 501 g/mol. The molecule has 2 rings (SSSR count). The first-order valence-electron chi connectivity index (χ1n) is 8.12. The first-order chi connectivity index (χ1) is 11.3. The normalized spacial score (nSPS) is 17.2. The highest BCUT2D eigenvalue weighted by Crippen LogP contribution is 2.18. The van der Waals surface area contributed by atoms with Gasteiger partial charge in [-0.2, -0.15) is 0 Å². The van der Waals surface area contributed by atoms with Gasteiger partial charge in [0, 0.05) is 31.6 Å². The van der Waals surface area contributed by atoms with Gasteiger partial charge in [0.05, 0.1) is 23.5 Å². The first kappa shape index (κ1) is 22.6. The van der Waals surface area contributed by atoms with Crippen molar-refractivity contribution < 1.29 is 8.42 Å². The van der Waals surface area contributed by atoms with E-state index in [-0.39, 0.29) is 24.0 Å². The number of thiazole rings is 1. The number of aryl methyl sites for hydroxylation is 2. The second kappa shape index (κ2) is 10.0. The van der Waals surface area contributed by atoms with E-state index in [1.165, 1.54) is 11.1 Å². The van der Waals surface area contributed by atoms with Crippen LogP contribution in [-0.2, 0) is 16.6 Å². The SMILES string of the molecule is CN=C(NCc1sc(C)nc1C)NCC1CCN(S(C)(=O)=O)CC1.I. The van der Waals surface area contributed by atoms with Crippen LogP contribution in [0.1, 0.15) is 28.4 Å². The Morgan fingerprint density at radius 3 is 2.44 bits per heavy atom. The summed E-state index contributed by atoms with van der Waals surface area (Å²) in [4.78, 5) is 9.90. The standard InChI is InChI=1S/C15H27N5O2S2.HI/c1-11-14(23-12(2)19-11)10-18-15(16-3)17-9-13-5-7-20(8-6-13)24(4,21)22;/h13H,5-10H2,1-4H3,(H2,16,17,18);1H. The molecule has 0 bridgehead atoms. The van der Waals surface area contributed by atoms with Crippen molar-refractivity contribution in [2.24, 2.45) is 10.9 Å². The van der Waals surface area contributed by atoms with Crippen molar-refractivity contribution in [2.75, 3.05) is 32.9 Å². The van der Waals surface area contributed by atoms with E-state index in [0.29, 0.717) is 25.6 Å². The molecule has 0 radical (unpaired) electrons. The van der Waals surface area contributed by atoms with Gasteiger partial charge < -0.3 is 10.6 Å². The lowest BCUT2D eigenvalue weighted by molar-refractivity contribution is 0.275. The molecule has 10 heteroatoms. The van der Waals surface area contributed by atoms with Crippen molar-refractivity contribution in [1.82, 2.24) is 19.9 Å². The molecule has 1 fully saturated rings. The number of sulfonamides is 1. The van der Waals surface area contributed by atoms with Gasteiger partial charge in [0.15, 0.2) is 5.96 Å². The van der Waals surface area contributed by atoms with Crippen LogP contribution in [0.4, 0.5) is 0 Å². The Hall–Kier alpha value is -0.460. The Morgan fingerprint density at radius 1 is 1.32 bits per heavy atom. The van der Waals surface area contributed by atoms with E-state index >= 15 is 0 Å². The molecule has 1 aliphatic rings. The van der Waals surface area contributed by atoms with Gasteiger partial charge in [-0.3, -0.25) is 4.99 Å². The lowest BCUT2D eigenvalue weighted by Crippen LogP contribution is -2.43. The van der Waals surface area contributed by atoms with Gasteiger partial charge in [-0.15, -0.1) is 35.3 Å². The number of nitrogens with one attached hydrogen (secondary N) is 2. The van der Waals surface area contributed by atoms with Crippen molar-refractivity contribution in [3.8, 4) is 0 Å². The van der Waals surface area contributed by atoms with E-state index in [1.807, 2.05) is 13.8 Å². The summed E-state index contributed by atoms with van der Waals surface area (Å²) in [6, 6.07) is 0. The lowest BCUT2D eigenvalue weighted by atomic mass is 9.98. The smallest absolute Gasteiger partial charge is 0.211 e. The minimum absolute atomic E-state index is 0. The molecule has 0 atom stereocenters. The Labute approximate surface area is 171 Å². The van der Waals surface area contributed by atoms with E-state index in [1.54, 1.807) is 22.7 Å². The molecule has 144 valence electrons. The maximum absolute atomic E-state index is 11.5. The molecule has 0 amide bonds. The van der Waals surface area contributed by atoms with Gasteiger partial charge in [-0.05, 0) is 32.6 Å². The minimum atomic E-state index is -3.05. The molecule has 2 N–H and O–H groups in total. The zero-order valence-corrected chi connectivity index (χ0v) is 19.2. The zero-order valence-electron chi connectivity index (χ0n) is 15.2. The number of hydrogen-bond donors (Lipinski definition) is 2. The number of halogens is 1. The predicted octanol–water partition coefficient (Wildman–Crippen LogP) is 1.71. The van der Waals surface area contributed by atoms with Crippen molar-refractivity contribution in [2.45, 2.75) is 33.2 Å². The highest BCUT2D eigenvalue weighted by molar-refractivity contribution is 14.0. The van der Waals surface area contributed by atoms with Crippen molar-refractivity contribution >= 4 is 51.3 Å². The molecule has 1 aliphatic heterocycles. The molecule has 1 aromatic heterocycles. The van der Waals surface area contributed by atoms with Crippen LogP contribution in [0.25, 0.3) is 0 Å². The summed E-state index contributed by atoms with van der Waals surface area (Å²) in [7, 11) is -1.30. The van der Waals surface area contributed by atoms with E-state index < -0.39 is 10.0 Å². The maximum atomic E-state index is 11.5. The van der Waals surface area contributed by atoms with Crippen LogP contribution >= 0.6 is 35.3 Å². The summed E-state index contributed by atoms with van der Waals surface area (Å²) in [5.74, 6) is 1.24. The molecule has 0 saturated carbocycles. The Balaban J connectivity index is 0.00000312. The second-order valence-electron chi connectivity index (χ2n) is 6.15. The van der Waals surface area contributed by atoms with E-state index in [0.717, 1.165) is 36.0 Å². The van der Waals surface area contributed by atoms with Crippen molar-refractivity contribution in [3.63, 3.8) is 0 Å². The topological polar surface area (TPSA) is 86.7 Å². The van der Waals surface area contributed by atoms with Crippen LogP contribution in [0.5, 0.6) is 0 Å². The van der Waals surface area contributed by atoms with Gasteiger partial charge >= 0.3 is 0 Å². The number of piperidine rings is 1. The number of aliphatic imine (C=N–C) groups is 1. The fourth-order valence-corrected chi connectivity index (χ4v) is 4.56. The van der Waals surface area contributed by atoms with Crippen molar-refractivity contribution in [3.05, 3.63) is 15.6 Å². The van der Waals surface area contributed by atoms with Gasteiger partial charge in [-0.1, -0.05) is 0 Å². The first-order valence-corrected chi connectivity index (χ1v) is 10.8. The number of guanidine groups is 1. The minimum Gasteiger partial charge on any atom is -0.356 e. The highest BCUT2D eigenvalue weighted by atomic mass is 127. The molecule has 2 heterocycles. The molecular formula is C15H28IN5O2S2. The number of rotatable bonds is 5. The molecule has 0 spiro atoms. The van der Waals surface area contributed by atoms with Gasteiger partial charge in [0.25, 0.3) is 0 Å². The van der Waals surface area contributed by atoms with Gasteiger partial charge in [-0.25, -0.2) is 17.7 Å². The molecule has 7 nitrogen and oxygen atoms in total. The van der Waals surface area contributed by atoms with Crippen LogP contribution < -0.4 is 10.6 Å². The molecule has 25 heavy (non-hydrogen) atoms. The fraction of sp³-hybridized carbons (Fsp3) is 0.733. The molecular weight excluding hydrogens is 473 g/mol. The average Bonchev–Trinajstić information content (AvgIpc) is 2.85. The van der Waals surface area contributed by atoms with Crippen molar-refractivity contribution in [1.29, 1.82) is 0 Å². The molecule has 0 unspecified atom stereocenters. The summed E-state index contributed by atoms with van der Waals surface area (Å²) in [6.45, 7) is 6.76. The van der Waals surface area contributed by atoms with E-state index in [4.69, 9.17) is 0 Å². The number of aromatic nitrogens is 1. The monoisotopic (exact) mass is 501 g/mol. The third kappa shape index (κ3) is 6.99. The third-order valence-corrected chi connectivity index (χ3v) is 6.62. The van der Waals surface area contributed by atoms with Crippen LogP contribution in [-0.4, -0.2) is 56.6 Å². The molecule has 1 aromatic rings. The number of nitrogens with zero attached hydrogens (tertiary/aromatic N) is 3. The summed E-state index contributed by atoms with van der Waals surface area (Å²) < 4.78 is 24.6. The van der Waals surface area contributed by atoms with Crippen LogP contribution in [0.15, 0.2) is 4.99 Å². The second-order valence-corrected chi connectivity index (χ2v) is 9.42.